The standard InChI is InChI=1S/C43H45NO3P/c1-33-32-39(45)44(41-40(33)42(46)37-28-18-19-29-38(37)43(41)47)30-20-7-5-3-2-4-6-8-21-31-48(34-22-12-9-13-23-34,35-24-14-10-15-25-35)36-26-16-11-17-27-36/h9-19,22-29,32H,2-8,20-21,30-31H2,1H3/q+1. The zero-order valence-electron chi connectivity index (χ0n) is 27.9. The summed E-state index contributed by atoms with van der Waals surface area (Å²) in [5.74, 6) is -0.393. The molecule has 4 aromatic carbocycles. The Morgan fingerprint density at radius 2 is 0.917 bits per heavy atom. The fourth-order valence-electron chi connectivity index (χ4n) is 7.39. The van der Waals surface area contributed by atoms with E-state index in [2.05, 4.69) is 91.0 Å². The van der Waals surface area contributed by atoms with Gasteiger partial charge in [-0.3, -0.25) is 14.4 Å². The molecule has 0 saturated heterocycles. The van der Waals surface area contributed by atoms with E-state index in [1.165, 1.54) is 66.7 Å². The van der Waals surface area contributed by atoms with E-state index < -0.39 is 7.26 Å². The number of nitrogens with zero attached hydrogens (tertiary/aromatic N) is 1. The van der Waals surface area contributed by atoms with E-state index in [0.29, 0.717) is 28.8 Å². The fourth-order valence-corrected chi connectivity index (χ4v) is 11.8. The first-order valence-corrected chi connectivity index (χ1v) is 19.5. The van der Waals surface area contributed by atoms with Crippen LogP contribution in [0.4, 0.5) is 0 Å². The van der Waals surface area contributed by atoms with Crippen molar-refractivity contribution in [3.05, 3.63) is 160 Å². The van der Waals surface area contributed by atoms with Crippen molar-refractivity contribution in [2.24, 2.45) is 0 Å². The summed E-state index contributed by atoms with van der Waals surface area (Å²) < 4.78 is 1.54. The quantitative estimate of drug-likeness (QED) is 0.0825. The Morgan fingerprint density at radius 3 is 1.42 bits per heavy atom. The van der Waals surface area contributed by atoms with Crippen molar-refractivity contribution in [1.29, 1.82) is 0 Å². The summed E-state index contributed by atoms with van der Waals surface area (Å²) in [5, 5.41) is 4.37. The van der Waals surface area contributed by atoms with Crippen molar-refractivity contribution in [2.45, 2.75) is 71.3 Å². The molecule has 0 bridgehead atoms. The zero-order chi connectivity index (χ0) is 33.3. The van der Waals surface area contributed by atoms with Gasteiger partial charge in [-0.25, -0.2) is 0 Å². The van der Waals surface area contributed by atoms with Crippen LogP contribution in [0.15, 0.2) is 126 Å². The van der Waals surface area contributed by atoms with Gasteiger partial charge in [0, 0.05) is 23.7 Å². The van der Waals surface area contributed by atoms with Gasteiger partial charge >= 0.3 is 0 Å². The van der Waals surface area contributed by atoms with Gasteiger partial charge in [-0.15, -0.1) is 0 Å². The van der Waals surface area contributed by atoms with Crippen LogP contribution in [-0.4, -0.2) is 22.3 Å². The molecule has 0 radical (unpaired) electrons. The number of hydrogen-bond acceptors (Lipinski definition) is 3. The largest absolute Gasteiger partial charge is 0.305 e. The Kier molecular flexibility index (Phi) is 10.9. The molecule has 48 heavy (non-hydrogen) atoms. The summed E-state index contributed by atoms with van der Waals surface area (Å²) in [6, 6.07) is 41.8. The summed E-state index contributed by atoms with van der Waals surface area (Å²) in [6.45, 7) is 2.20. The molecule has 0 aliphatic heterocycles. The van der Waals surface area contributed by atoms with Crippen molar-refractivity contribution >= 4 is 34.7 Å². The summed E-state index contributed by atoms with van der Waals surface area (Å²) in [7, 11) is -1.75. The Morgan fingerprint density at radius 1 is 0.500 bits per heavy atom. The number of rotatable bonds is 15. The van der Waals surface area contributed by atoms with E-state index in [9.17, 15) is 14.4 Å². The van der Waals surface area contributed by atoms with E-state index in [-0.39, 0.29) is 22.8 Å². The van der Waals surface area contributed by atoms with Crippen LogP contribution in [0.1, 0.15) is 95.3 Å². The molecule has 0 fully saturated rings. The maximum atomic E-state index is 13.4. The third-order valence-electron chi connectivity index (χ3n) is 9.83. The van der Waals surface area contributed by atoms with Gasteiger partial charge in [0.2, 0.25) is 5.78 Å². The third kappa shape index (κ3) is 6.91. The molecular formula is C43H45NO3P+. The topological polar surface area (TPSA) is 56.1 Å². The first-order chi connectivity index (χ1) is 23.5. The lowest BCUT2D eigenvalue weighted by atomic mass is 9.84. The maximum Gasteiger partial charge on any atom is 0.251 e. The molecule has 1 aliphatic carbocycles. The molecule has 5 aromatic rings. The zero-order valence-corrected chi connectivity index (χ0v) is 28.8. The lowest BCUT2D eigenvalue weighted by molar-refractivity contribution is 0.0970. The van der Waals surface area contributed by atoms with Crippen molar-refractivity contribution in [3.8, 4) is 0 Å². The van der Waals surface area contributed by atoms with Gasteiger partial charge in [-0.2, -0.15) is 0 Å². The lowest BCUT2D eigenvalue weighted by Crippen LogP contribution is -2.33. The molecule has 6 rings (SSSR count). The van der Waals surface area contributed by atoms with Gasteiger partial charge < -0.3 is 4.57 Å². The number of pyridine rings is 1. The van der Waals surface area contributed by atoms with Crippen LogP contribution < -0.4 is 21.5 Å². The number of fused-ring (bicyclic) bond motifs is 2. The minimum Gasteiger partial charge on any atom is -0.305 e. The first kappa shape index (κ1) is 33.5. The lowest BCUT2D eigenvalue weighted by Gasteiger charge is -2.27. The van der Waals surface area contributed by atoms with Crippen molar-refractivity contribution in [2.75, 3.05) is 6.16 Å². The molecular weight excluding hydrogens is 609 g/mol. The van der Waals surface area contributed by atoms with Gasteiger partial charge in [-0.05, 0) is 68.1 Å². The Bertz CT molecular complexity index is 1820. The highest BCUT2D eigenvalue weighted by Crippen LogP contribution is 2.56. The molecule has 0 amide bonds. The van der Waals surface area contributed by atoms with Crippen molar-refractivity contribution in [1.82, 2.24) is 4.57 Å². The average Bonchev–Trinajstić information content (AvgIpc) is 3.13. The Labute approximate surface area is 285 Å². The average molecular weight is 655 g/mol. The van der Waals surface area contributed by atoms with Gasteiger partial charge in [0.1, 0.15) is 28.9 Å². The number of aryl methyl sites for hydroxylation is 1. The predicted octanol–water partition coefficient (Wildman–Crippen LogP) is 8.44. The molecule has 1 aliphatic rings. The van der Waals surface area contributed by atoms with Crippen LogP contribution in [0.3, 0.4) is 0 Å². The summed E-state index contributed by atoms with van der Waals surface area (Å²) in [5.41, 5.74) is 1.84. The number of aromatic nitrogens is 1. The number of unbranched alkanes of at least 4 members (excludes halogenated alkanes) is 8. The molecule has 0 atom stereocenters. The predicted molar refractivity (Wildman–Crippen MR) is 200 cm³/mol. The number of benzene rings is 4. The van der Waals surface area contributed by atoms with E-state index >= 15 is 0 Å². The van der Waals surface area contributed by atoms with Crippen LogP contribution in [0.2, 0.25) is 0 Å². The molecule has 1 heterocycles. The molecule has 244 valence electrons. The third-order valence-corrected chi connectivity index (χ3v) is 14.4. The van der Waals surface area contributed by atoms with Crippen LogP contribution in [0, 0.1) is 6.92 Å². The van der Waals surface area contributed by atoms with Crippen molar-refractivity contribution in [3.63, 3.8) is 0 Å². The molecule has 0 unspecified atom stereocenters. The van der Waals surface area contributed by atoms with Crippen LogP contribution in [-0.2, 0) is 6.54 Å². The van der Waals surface area contributed by atoms with Crippen LogP contribution in [0.25, 0.3) is 0 Å². The maximum absolute atomic E-state index is 13.4. The highest BCUT2D eigenvalue weighted by Gasteiger charge is 2.44. The number of ketones is 2. The fraction of sp³-hybridized carbons (Fsp3) is 0.279. The monoisotopic (exact) mass is 654 g/mol. The molecule has 5 heteroatoms. The van der Waals surface area contributed by atoms with E-state index in [4.69, 9.17) is 0 Å². The normalized spacial score (nSPS) is 12.5. The second-order valence-electron chi connectivity index (χ2n) is 13.0. The SMILES string of the molecule is Cc1cc(=O)n(CCCCCCCCCCC[P+](c2ccccc2)(c2ccccc2)c2ccccc2)c2c1C(=O)c1ccccc1C2=O. The van der Waals surface area contributed by atoms with Crippen molar-refractivity contribution < 1.29 is 9.59 Å². The molecule has 4 nitrogen and oxygen atoms in total. The Hall–Kier alpha value is -4.40. The molecule has 1 aromatic heterocycles. The smallest absolute Gasteiger partial charge is 0.251 e. The second kappa shape index (κ2) is 15.7. The number of carbonyl (C=O) groups is 2. The summed E-state index contributed by atoms with van der Waals surface area (Å²) in [4.78, 5) is 39.7. The van der Waals surface area contributed by atoms with E-state index in [1.54, 1.807) is 35.8 Å². The highest BCUT2D eigenvalue weighted by atomic mass is 31.2. The number of hydrogen-bond donors (Lipinski definition) is 0. The number of carbonyl (C=O) groups excluding carboxylic acids is 2. The van der Waals surface area contributed by atoms with E-state index in [1.807, 2.05) is 0 Å². The van der Waals surface area contributed by atoms with Gasteiger partial charge in [-0.1, -0.05) is 117 Å². The Balaban J connectivity index is 0.988. The van der Waals surface area contributed by atoms with Gasteiger partial charge in [0.05, 0.1) is 11.7 Å². The second-order valence-corrected chi connectivity index (χ2v) is 16.6. The van der Waals surface area contributed by atoms with Crippen LogP contribution >= 0.6 is 7.26 Å². The summed E-state index contributed by atoms with van der Waals surface area (Å²) in [6.07, 6.45) is 11.3. The molecule has 0 N–H and O–H groups in total. The molecule has 0 spiro atoms. The van der Waals surface area contributed by atoms with E-state index in [0.717, 1.165) is 19.3 Å². The minimum atomic E-state index is -1.75. The summed E-state index contributed by atoms with van der Waals surface area (Å²) >= 11 is 0. The van der Waals surface area contributed by atoms with Gasteiger partial charge in [0.25, 0.3) is 5.56 Å². The highest BCUT2D eigenvalue weighted by molar-refractivity contribution is 7.95. The molecule has 0 saturated carbocycles. The minimum absolute atomic E-state index is 0.167. The van der Waals surface area contributed by atoms with Crippen LogP contribution in [0.5, 0.6) is 0 Å². The van der Waals surface area contributed by atoms with Gasteiger partial charge in [0.15, 0.2) is 5.78 Å². The first-order valence-electron chi connectivity index (χ1n) is 17.5.